The van der Waals surface area contributed by atoms with Crippen LogP contribution in [0.5, 0.6) is 5.75 Å². The van der Waals surface area contributed by atoms with Gasteiger partial charge in [-0.05, 0) is 23.3 Å². The molecule has 5 nitrogen and oxygen atoms in total. The van der Waals surface area contributed by atoms with Crippen molar-refractivity contribution in [2.45, 2.75) is 18.9 Å². The number of aliphatic hydroxyl groups excluding tert-OH is 1. The van der Waals surface area contributed by atoms with Crippen LogP contribution >= 0.6 is 15.9 Å². The number of ether oxygens (including phenoxy) is 1. The first-order valence-corrected chi connectivity index (χ1v) is 6.63. The largest absolute Gasteiger partial charge is 0.573 e. The summed E-state index contributed by atoms with van der Waals surface area (Å²) in [6, 6.07) is 2.81. The lowest BCUT2D eigenvalue weighted by molar-refractivity contribution is -0.274. The van der Waals surface area contributed by atoms with Gasteiger partial charge in [0.25, 0.3) is 0 Å². The number of carboxylic acid groups (broad SMARTS) is 1. The summed E-state index contributed by atoms with van der Waals surface area (Å²) in [6.07, 6.45) is -7.23. The lowest BCUT2D eigenvalue weighted by Crippen LogP contribution is -2.19. The normalized spacial score (nSPS) is 12.8. The van der Waals surface area contributed by atoms with E-state index < -0.39 is 24.2 Å². The molecule has 0 aromatic heterocycles. The van der Waals surface area contributed by atoms with Gasteiger partial charge in [0.05, 0.1) is 5.33 Å². The number of hydrogen-bond donors (Lipinski definition) is 2. The van der Waals surface area contributed by atoms with Gasteiger partial charge in [-0.2, -0.15) is 0 Å². The van der Waals surface area contributed by atoms with Gasteiger partial charge in [0.15, 0.2) is 6.10 Å². The second kappa shape index (κ2) is 6.90. The highest BCUT2D eigenvalue weighted by molar-refractivity contribution is 9.09. The van der Waals surface area contributed by atoms with Gasteiger partial charge in [-0.3, -0.25) is 4.79 Å². The number of alkyl halides is 4. The van der Waals surface area contributed by atoms with E-state index in [9.17, 15) is 27.9 Å². The molecule has 2 N–H and O–H groups in total. The first kappa shape index (κ1) is 17.4. The van der Waals surface area contributed by atoms with Crippen LogP contribution in [0.15, 0.2) is 18.2 Å². The maximum absolute atomic E-state index is 12.1. The van der Waals surface area contributed by atoms with Crippen molar-refractivity contribution in [3.05, 3.63) is 29.3 Å². The molecule has 1 unspecified atom stereocenters. The van der Waals surface area contributed by atoms with Crippen molar-refractivity contribution in [1.82, 2.24) is 0 Å². The van der Waals surface area contributed by atoms with Crippen molar-refractivity contribution in [1.29, 1.82) is 0 Å². The first-order chi connectivity index (χ1) is 9.64. The SMILES string of the molecule is O=C(CBr)Cc1ccc(OC(F)(F)F)cc1C(O)C(=O)O. The number of aliphatic carboxylic acids is 1. The predicted octanol–water partition coefficient (Wildman–Crippen LogP) is 2.21. The van der Waals surface area contributed by atoms with Gasteiger partial charge in [-0.25, -0.2) is 4.79 Å². The number of Topliss-reactive ketones (excluding diaryl/α,β-unsaturated/α-hetero) is 1. The Morgan fingerprint density at radius 1 is 1.33 bits per heavy atom. The van der Waals surface area contributed by atoms with E-state index in [-0.39, 0.29) is 28.7 Å². The number of carboxylic acids is 1. The predicted molar refractivity (Wildman–Crippen MR) is 68.2 cm³/mol. The zero-order chi connectivity index (χ0) is 16.2. The summed E-state index contributed by atoms with van der Waals surface area (Å²) in [7, 11) is 0. The Morgan fingerprint density at radius 3 is 2.43 bits per heavy atom. The van der Waals surface area contributed by atoms with Gasteiger partial charge in [-0.15, -0.1) is 13.2 Å². The van der Waals surface area contributed by atoms with Gasteiger partial charge < -0.3 is 14.9 Å². The molecule has 0 fully saturated rings. The summed E-state index contributed by atoms with van der Waals surface area (Å²) >= 11 is 2.92. The van der Waals surface area contributed by atoms with E-state index in [0.29, 0.717) is 0 Å². The Kier molecular flexibility index (Phi) is 5.73. The Labute approximate surface area is 125 Å². The number of aliphatic hydroxyl groups is 1. The molecule has 0 spiro atoms. The van der Waals surface area contributed by atoms with E-state index in [1.165, 1.54) is 0 Å². The molecular formula is C12H10BrF3O5. The highest BCUT2D eigenvalue weighted by Gasteiger charge is 2.32. The van der Waals surface area contributed by atoms with Crippen LogP contribution in [0.3, 0.4) is 0 Å². The standard InChI is InChI=1S/C12H10BrF3O5/c13-5-7(17)3-6-1-2-8(21-12(14,15)16)4-9(6)10(18)11(19)20/h1-2,4,10,18H,3,5H2,(H,19,20). The molecule has 0 saturated heterocycles. The van der Waals surface area contributed by atoms with Crippen LogP contribution in [-0.2, 0) is 16.0 Å². The van der Waals surface area contributed by atoms with Gasteiger partial charge >= 0.3 is 12.3 Å². The Hall–Kier alpha value is -1.61. The number of carbonyl (C=O) groups excluding carboxylic acids is 1. The zero-order valence-electron chi connectivity index (χ0n) is 10.4. The molecule has 0 heterocycles. The molecule has 0 aliphatic heterocycles. The summed E-state index contributed by atoms with van der Waals surface area (Å²) in [4.78, 5) is 22.1. The molecule has 116 valence electrons. The van der Waals surface area contributed by atoms with Gasteiger partial charge in [-0.1, -0.05) is 22.0 Å². The topological polar surface area (TPSA) is 83.8 Å². The van der Waals surface area contributed by atoms with Crippen molar-refractivity contribution in [2.24, 2.45) is 0 Å². The molecule has 1 aromatic rings. The fourth-order valence-electron chi connectivity index (χ4n) is 1.58. The van der Waals surface area contributed by atoms with Crippen molar-refractivity contribution in [3.8, 4) is 5.75 Å². The fourth-order valence-corrected chi connectivity index (χ4v) is 1.78. The monoisotopic (exact) mass is 370 g/mol. The van der Waals surface area contributed by atoms with E-state index in [2.05, 4.69) is 20.7 Å². The van der Waals surface area contributed by atoms with E-state index in [1.54, 1.807) is 0 Å². The Balaban J connectivity index is 3.19. The lowest BCUT2D eigenvalue weighted by Gasteiger charge is -2.15. The lowest BCUT2D eigenvalue weighted by atomic mass is 9.98. The van der Waals surface area contributed by atoms with Gasteiger partial charge in [0.1, 0.15) is 11.5 Å². The highest BCUT2D eigenvalue weighted by Crippen LogP contribution is 2.28. The quantitative estimate of drug-likeness (QED) is 0.750. The molecule has 21 heavy (non-hydrogen) atoms. The van der Waals surface area contributed by atoms with Crippen LogP contribution in [0.1, 0.15) is 17.2 Å². The summed E-state index contributed by atoms with van der Waals surface area (Å²) < 4.78 is 40.1. The minimum absolute atomic E-state index is 0.00356. The van der Waals surface area contributed by atoms with Crippen molar-refractivity contribution in [3.63, 3.8) is 0 Å². The van der Waals surface area contributed by atoms with Crippen LogP contribution in [0.4, 0.5) is 13.2 Å². The van der Waals surface area contributed by atoms with Gasteiger partial charge in [0, 0.05) is 6.42 Å². The van der Waals surface area contributed by atoms with E-state index in [0.717, 1.165) is 18.2 Å². The maximum atomic E-state index is 12.1. The summed E-state index contributed by atoms with van der Waals surface area (Å²) in [6.45, 7) is 0. The molecule has 9 heteroatoms. The molecule has 0 bridgehead atoms. The second-order valence-corrected chi connectivity index (χ2v) is 4.56. The van der Waals surface area contributed by atoms with Crippen LogP contribution in [0, 0.1) is 0 Å². The smallest absolute Gasteiger partial charge is 0.479 e. The molecule has 0 aliphatic rings. The first-order valence-electron chi connectivity index (χ1n) is 5.51. The minimum Gasteiger partial charge on any atom is -0.479 e. The van der Waals surface area contributed by atoms with Crippen LogP contribution in [0.2, 0.25) is 0 Å². The molecule has 1 atom stereocenters. The molecule has 1 rings (SSSR count). The fraction of sp³-hybridized carbons (Fsp3) is 0.333. The van der Waals surface area contributed by atoms with E-state index >= 15 is 0 Å². The molecular weight excluding hydrogens is 361 g/mol. The molecule has 0 radical (unpaired) electrons. The minimum atomic E-state index is -4.95. The Bertz CT molecular complexity index is 544. The highest BCUT2D eigenvalue weighted by atomic mass is 79.9. The number of ketones is 1. The van der Waals surface area contributed by atoms with Crippen LogP contribution in [-0.4, -0.2) is 33.7 Å². The number of carbonyl (C=O) groups is 2. The number of halogens is 4. The van der Waals surface area contributed by atoms with E-state index in [4.69, 9.17) is 5.11 Å². The van der Waals surface area contributed by atoms with E-state index in [1.807, 2.05) is 0 Å². The third-order valence-electron chi connectivity index (χ3n) is 2.42. The van der Waals surface area contributed by atoms with Gasteiger partial charge in [0.2, 0.25) is 0 Å². The Morgan fingerprint density at radius 2 is 1.95 bits per heavy atom. The van der Waals surface area contributed by atoms with Crippen LogP contribution < -0.4 is 4.74 Å². The van der Waals surface area contributed by atoms with Crippen molar-refractivity contribution < 1.29 is 37.7 Å². The summed E-state index contributed by atoms with van der Waals surface area (Å²) in [5, 5.41) is 18.3. The third-order valence-corrected chi connectivity index (χ3v) is 3.04. The van der Waals surface area contributed by atoms with Crippen molar-refractivity contribution in [2.75, 3.05) is 5.33 Å². The molecule has 1 aromatic carbocycles. The zero-order valence-corrected chi connectivity index (χ0v) is 11.9. The summed E-state index contributed by atoms with van der Waals surface area (Å²) in [5.41, 5.74) is -0.206. The second-order valence-electron chi connectivity index (χ2n) is 4.00. The number of rotatable bonds is 6. The number of hydrogen-bond acceptors (Lipinski definition) is 4. The third kappa shape index (κ3) is 5.35. The van der Waals surface area contributed by atoms with Crippen molar-refractivity contribution >= 4 is 27.7 Å². The average Bonchev–Trinajstić information content (AvgIpc) is 2.37. The number of benzene rings is 1. The van der Waals surface area contributed by atoms with Crippen LogP contribution in [0.25, 0.3) is 0 Å². The summed E-state index contributed by atoms with van der Waals surface area (Å²) in [5.74, 6) is -2.64. The maximum Gasteiger partial charge on any atom is 0.573 e. The molecule has 0 aliphatic carbocycles. The molecule has 0 saturated carbocycles. The molecule has 0 amide bonds. The average molecular weight is 371 g/mol.